The molecule has 31 heavy (non-hydrogen) atoms. The van der Waals surface area contributed by atoms with Crippen LogP contribution in [0.4, 0.5) is 22.0 Å². The van der Waals surface area contributed by atoms with Gasteiger partial charge >= 0.3 is 6.11 Å². The highest BCUT2D eigenvalue weighted by Crippen LogP contribution is 2.40. The van der Waals surface area contributed by atoms with Crippen LogP contribution in [0.1, 0.15) is 74.5 Å². The van der Waals surface area contributed by atoms with E-state index in [0.717, 1.165) is 44.2 Å². The van der Waals surface area contributed by atoms with Gasteiger partial charge in [0.2, 0.25) is 0 Å². The molecular weight excluding hydrogens is 413 g/mol. The lowest BCUT2D eigenvalue weighted by molar-refractivity contribution is -0.187. The van der Waals surface area contributed by atoms with E-state index in [-0.39, 0.29) is 5.92 Å². The summed E-state index contributed by atoms with van der Waals surface area (Å²) in [5, 5.41) is 8.65. The third-order valence-electron chi connectivity index (χ3n) is 5.96. The number of benzene rings is 2. The molecule has 166 valence electrons. The summed E-state index contributed by atoms with van der Waals surface area (Å²) >= 11 is 0. The van der Waals surface area contributed by atoms with Crippen molar-refractivity contribution in [2.45, 2.75) is 63.9 Å². The summed E-state index contributed by atoms with van der Waals surface area (Å²) < 4.78 is 75.3. The van der Waals surface area contributed by atoms with Crippen LogP contribution in [0.3, 0.4) is 0 Å². The summed E-state index contributed by atoms with van der Waals surface area (Å²) in [7, 11) is 0. The minimum Gasteiger partial charge on any atom is -0.429 e. The van der Waals surface area contributed by atoms with Gasteiger partial charge in [-0.15, -0.1) is 0 Å². The molecule has 1 aliphatic carbocycles. The van der Waals surface area contributed by atoms with Crippen molar-refractivity contribution in [1.29, 1.82) is 5.26 Å². The number of nitrogens with zero attached hydrogens (tertiary/aromatic N) is 1. The van der Waals surface area contributed by atoms with E-state index in [2.05, 4.69) is 11.7 Å². The van der Waals surface area contributed by atoms with E-state index >= 15 is 0 Å². The van der Waals surface area contributed by atoms with E-state index in [4.69, 9.17) is 5.26 Å². The minimum absolute atomic E-state index is 0.123. The number of rotatable bonds is 7. The van der Waals surface area contributed by atoms with Crippen LogP contribution in [0, 0.1) is 34.7 Å². The Labute approximate surface area is 178 Å². The molecule has 2 aromatic rings. The highest BCUT2D eigenvalue weighted by atomic mass is 19.3. The van der Waals surface area contributed by atoms with Gasteiger partial charge in [-0.1, -0.05) is 32.3 Å². The Morgan fingerprint density at radius 1 is 1.00 bits per heavy atom. The Morgan fingerprint density at radius 2 is 1.65 bits per heavy atom. The van der Waals surface area contributed by atoms with Crippen LogP contribution < -0.4 is 4.74 Å². The second-order valence-electron chi connectivity index (χ2n) is 8.09. The maximum Gasteiger partial charge on any atom is 0.429 e. The number of unbranched alkanes of at least 4 members (excludes halogenated alkanes) is 1. The summed E-state index contributed by atoms with van der Waals surface area (Å²) in [5.74, 6) is -3.85. The van der Waals surface area contributed by atoms with Gasteiger partial charge in [-0.05, 0) is 55.2 Å². The average Bonchev–Trinajstić information content (AvgIpc) is 2.72. The molecule has 0 atom stereocenters. The van der Waals surface area contributed by atoms with Crippen LogP contribution in [-0.2, 0) is 6.11 Å². The van der Waals surface area contributed by atoms with Crippen LogP contribution >= 0.6 is 0 Å². The number of halogens is 5. The van der Waals surface area contributed by atoms with E-state index in [1.807, 2.05) is 0 Å². The van der Waals surface area contributed by atoms with Gasteiger partial charge in [-0.3, -0.25) is 0 Å². The molecule has 0 amide bonds. The SMILES string of the molecule is CCCC[C@H]1CC[C@H](c2ccc(C(F)(F)Oc3cc(F)c(C#N)c(F)c3)c(F)c2)CC1. The molecule has 3 rings (SSSR count). The lowest BCUT2D eigenvalue weighted by atomic mass is 9.77. The van der Waals surface area contributed by atoms with Crippen molar-refractivity contribution in [1.82, 2.24) is 0 Å². The van der Waals surface area contributed by atoms with Crippen molar-refractivity contribution < 1.29 is 26.7 Å². The van der Waals surface area contributed by atoms with Gasteiger partial charge in [-0.2, -0.15) is 14.0 Å². The first kappa shape index (κ1) is 23.1. The molecule has 1 fully saturated rings. The third-order valence-corrected chi connectivity index (χ3v) is 5.96. The Bertz CT molecular complexity index is 938. The third kappa shape index (κ3) is 5.36. The minimum atomic E-state index is -4.15. The lowest BCUT2D eigenvalue weighted by Crippen LogP contribution is -2.24. The zero-order chi connectivity index (χ0) is 22.6. The fourth-order valence-corrected chi connectivity index (χ4v) is 4.22. The maximum atomic E-state index is 14.6. The normalized spacial score (nSPS) is 19.1. The van der Waals surface area contributed by atoms with E-state index < -0.39 is 40.4 Å². The fourth-order valence-electron chi connectivity index (χ4n) is 4.22. The molecule has 0 N–H and O–H groups in total. The molecule has 0 radical (unpaired) electrons. The lowest BCUT2D eigenvalue weighted by Gasteiger charge is -2.29. The smallest absolute Gasteiger partial charge is 0.429 e. The van der Waals surface area contributed by atoms with Gasteiger partial charge in [-0.25, -0.2) is 13.2 Å². The summed E-state index contributed by atoms with van der Waals surface area (Å²) in [5.41, 5.74) is -1.25. The van der Waals surface area contributed by atoms with Gasteiger partial charge in [0, 0.05) is 12.1 Å². The highest BCUT2D eigenvalue weighted by molar-refractivity contribution is 5.38. The van der Waals surface area contributed by atoms with E-state index in [0.29, 0.717) is 23.6 Å². The largest absolute Gasteiger partial charge is 0.429 e. The average molecular weight is 437 g/mol. The van der Waals surface area contributed by atoms with E-state index in [1.165, 1.54) is 25.0 Å². The molecule has 0 bridgehead atoms. The van der Waals surface area contributed by atoms with Gasteiger partial charge in [0.15, 0.2) is 0 Å². The Balaban J connectivity index is 1.73. The molecule has 0 heterocycles. The van der Waals surface area contributed by atoms with E-state index in [1.54, 1.807) is 0 Å². The zero-order valence-electron chi connectivity index (χ0n) is 17.2. The molecule has 0 spiro atoms. The topological polar surface area (TPSA) is 33.0 Å². The molecule has 2 nitrogen and oxygen atoms in total. The van der Waals surface area contributed by atoms with Crippen molar-refractivity contribution in [3.63, 3.8) is 0 Å². The van der Waals surface area contributed by atoms with Crippen molar-refractivity contribution in [2.24, 2.45) is 5.92 Å². The van der Waals surface area contributed by atoms with Crippen molar-refractivity contribution in [3.05, 3.63) is 64.5 Å². The predicted octanol–water partition coefficient (Wildman–Crippen LogP) is 7.57. The molecule has 0 saturated heterocycles. The summed E-state index contributed by atoms with van der Waals surface area (Å²) in [6, 6.07) is 5.76. The molecule has 2 aromatic carbocycles. The van der Waals surface area contributed by atoms with Crippen LogP contribution in [0.2, 0.25) is 0 Å². The highest BCUT2D eigenvalue weighted by Gasteiger charge is 2.38. The summed E-state index contributed by atoms with van der Waals surface area (Å²) in [4.78, 5) is 0. The van der Waals surface area contributed by atoms with Crippen LogP contribution in [0.25, 0.3) is 0 Å². The Hall–Kier alpha value is -2.62. The Morgan fingerprint density at radius 3 is 2.19 bits per heavy atom. The first-order chi connectivity index (χ1) is 14.7. The zero-order valence-corrected chi connectivity index (χ0v) is 17.2. The second-order valence-corrected chi connectivity index (χ2v) is 8.09. The van der Waals surface area contributed by atoms with Crippen LogP contribution in [0.15, 0.2) is 30.3 Å². The van der Waals surface area contributed by atoms with Gasteiger partial charge in [0.25, 0.3) is 0 Å². The fraction of sp³-hybridized carbons (Fsp3) is 0.458. The second kappa shape index (κ2) is 9.67. The molecule has 0 aliphatic heterocycles. The summed E-state index contributed by atoms with van der Waals surface area (Å²) in [6.07, 6.45) is 3.27. The van der Waals surface area contributed by atoms with Gasteiger partial charge in [0.1, 0.15) is 34.8 Å². The quantitative estimate of drug-likeness (QED) is 0.419. The number of alkyl halides is 2. The number of hydrogen-bond donors (Lipinski definition) is 0. The molecule has 0 unspecified atom stereocenters. The number of ether oxygens (including phenoxy) is 1. The van der Waals surface area contributed by atoms with Gasteiger partial charge < -0.3 is 4.74 Å². The van der Waals surface area contributed by atoms with Crippen molar-refractivity contribution in [3.8, 4) is 11.8 Å². The van der Waals surface area contributed by atoms with Crippen LogP contribution in [-0.4, -0.2) is 0 Å². The molecule has 7 heteroatoms. The molecule has 0 aromatic heterocycles. The molecule has 1 aliphatic rings. The van der Waals surface area contributed by atoms with Crippen molar-refractivity contribution in [2.75, 3.05) is 0 Å². The molecule has 1 saturated carbocycles. The van der Waals surface area contributed by atoms with Crippen molar-refractivity contribution >= 4 is 0 Å². The number of hydrogen-bond acceptors (Lipinski definition) is 2. The first-order valence-electron chi connectivity index (χ1n) is 10.5. The summed E-state index contributed by atoms with van der Waals surface area (Å²) in [6.45, 7) is 2.16. The molecular formula is C24H24F5NO. The van der Waals surface area contributed by atoms with Crippen LogP contribution in [0.5, 0.6) is 5.75 Å². The van der Waals surface area contributed by atoms with E-state index in [9.17, 15) is 22.0 Å². The monoisotopic (exact) mass is 437 g/mol. The maximum absolute atomic E-state index is 14.6. The number of nitriles is 1. The Kier molecular flexibility index (Phi) is 7.19. The predicted molar refractivity (Wildman–Crippen MR) is 106 cm³/mol. The van der Waals surface area contributed by atoms with Gasteiger partial charge in [0.05, 0.1) is 5.56 Å². The first-order valence-corrected chi connectivity index (χ1v) is 10.5. The standard InChI is InChI=1S/C24H24F5NO/c1-2-3-4-15-5-7-16(8-6-15)17-9-10-20(23(27)11-17)24(28,29)31-18-12-21(25)19(14-30)22(26)13-18/h9-13,15-16H,2-8H2,1H3/t15-,16-.